The van der Waals surface area contributed by atoms with E-state index in [4.69, 9.17) is 0 Å². The largest absolute Gasteiger partial charge is 0.344 e. The molecule has 0 aliphatic carbocycles. The van der Waals surface area contributed by atoms with Crippen LogP contribution in [0.2, 0.25) is 0 Å². The second kappa shape index (κ2) is 10.5. The van der Waals surface area contributed by atoms with Gasteiger partial charge in [0, 0.05) is 36.4 Å². The van der Waals surface area contributed by atoms with Crippen molar-refractivity contribution < 1.29 is 4.79 Å². The van der Waals surface area contributed by atoms with Crippen LogP contribution >= 0.6 is 0 Å². The quantitative estimate of drug-likeness (QED) is 0.321. The highest BCUT2D eigenvalue weighted by molar-refractivity contribution is 6.01. The Balaban J connectivity index is 1.49. The van der Waals surface area contributed by atoms with Crippen LogP contribution < -0.4 is 10.9 Å². The number of hydrogen-bond acceptors (Lipinski definition) is 5. The SMILES string of the molecule is Cc1nn(C)c(C)c1C#Cc1cccc2cc([C@@H](C)NC(=O)c3c(C)nn4cccnc34)n(-c3ccccc3)c(=O)c12. The number of para-hydroxylation sites is 1. The number of nitrogens with zero attached hydrogens (tertiary/aromatic N) is 6. The molecular weight excluding hydrogens is 526 g/mol. The van der Waals surface area contributed by atoms with E-state index < -0.39 is 6.04 Å². The fraction of sp³-hybridized carbons (Fsp3) is 0.182. The molecule has 0 saturated heterocycles. The van der Waals surface area contributed by atoms with Gasteiger partial charge < -0.3 is 5.32 Å². The number of rotatable bonds is 4. The molecule has 0 saturated carbocycles. The molecular formula is C33H29N7O2. The van der Waals surface area contributed by atoms with Crippen LogP contribution in [0.5, 0.6) is 0 Å². The van der Waals surface area contributed by atoms with Crippen LogP contribution in [-0.2, 0) is 7.05 Å². The number of amides is 1. The fourth-order valence-corrected chi connectivity index (χ4v) is 5.34. The highest BCUT2D eigenvalue weighted by Crippen LogP contribution is 2.24. The molecule has 208 valence electrons. The van der Waals surface area contributed by atoms with Crippen molar-refractivity contribution >= 4 is 22.3 Å². The zero-order valence-electron chi connectivity index (χ0n) is 24.0. The minimum absolute atomic E-state index is 0.215. The Morgan fingerprint density at radius 3 is 2.48 bits per heavy atom. The normalized spacial score (nSPS) is 11.8. The van der Waals surface area contributed by atoms with Crippen LogP contribution in [0.4, 0.5) is 0 Å². The number of pyridine rings is 1. The van der Waals surface area contributed by atoms with E-state index >= 15 is 0 Å². The first-order valence-corrected chi connectivity index (χ1v) is 13.6. The molecule has 4 heterocycles. The molecule has 0 bridgehead atoms. The lowest BCUT2D eigenvalue weighted by Gasteiger charge is -2.21. The Bertz CT molecular complexity index is 2130. The van der Waals surface area contributed by atoms with Crippen molar-refractivity contribution in [1.29, 1.82) is 0 Å². The molecule has 0 spiro atoms. The van der Waals surface area contributed by atoms with Gasteiger partial charge in [0.25, 0.3) is 11.5 Å². The molecule has 2 aromatic carbocycles. The summed E-state index contributed by atoms with van der Waals surface area (Å²) in [5, 5.41) is 13.2. The molecule has 1 amide bonds. The van der Waals surface area contributed by atoms with Crippen LogP contribution in [-0.4, -0.2) is 34.9 Å². The molecule has 6 aromatic rings. The lowest BCUT2D eigenvalue weighted by Crippen LogP contribution is -2.32. The van der Waals surface area contributed by atoms with Gasteiger partial charge in [0.05, 0.1) is 34.1 Å². The van der Waals surface area contributed by atoms with Gasteiger partial charge in [-0.25, -0.2) is 9.50 Å². The summed E-state index contributed by atoms with van der Waals surface area (Å²) < 4.78 is 5.04. The summed E-state index contributed by atoms with van der Waals surface area (Å²) in [7, 11) is 1.89. The van der Waals surface area contributed by atoms with Gasteiger partial charge in [0.15, 0.2) is 5.65 Å². The standard InChI is InChI=1S/C33H29N7O2/c1-20-27(23(4)38(5)36-20)16-15-24-11-9-12-25-19-28(40(33(42)30(24)25)26-13-7-6-8-14-26)21(2)35-32(41)29-22(3)37-39-18-10-17-34-31(29)39/h6-14,17-19,21H,1-5H3,(H,35,41)/t21-/m1/s1. The predicted molar refractivity (Wildman–Crippen MR) is 162 cm³/mol. The third kappa shape index (κ3) is 4.53. The summed E-state index contributed by atoms with van der Waals surface area (Å²) in [6.45, 7) is 7.54. The maximum Gasteiger partial charge on any atom is 0.264 e. The van der Waals surface area contributed by atoms with Crippen LogP contribution in [0.15, 0.2) is 77.9 Å². The van der Waals surface area contributed by atoms with E-state index in [0.29, 0.717) is 39.2 Å². The predicted octanol–water partition coefficient (Wildman–Crippen LogP) is 4.58. The molecule has 0 unspecified atom stereocenters. The average molecular weight is 556 g/mol. The molecule has 1 N–H and O–H groups in total. The minimum Gasteiger partial charge on any atom is -0.344 e. The Kier molecular flexibility index (Phi) is 6.67. The van der Waals surface area contributed by atoms with Crippen molar-refractivity contribution in [3.8, 4) is 17.5 Å². The minimum atomic E-state index is -0.525. The summed E-state index contributed by atoms with van der Waals surface area (Å²) in [5.41, 5.74) is 5.83. The van der Waals surface area contributed by atoms with E-state index in [2.05, 4.69) is 32.3 Å². The number of fused-ring (bicyclic) bond motifs is 2. The van der Waals surface area contributed by atoms with Gasteiger partial charge in [0.2, 0.25) is 0 Å². The van der Waals surface area contributed by atoms with E-state index in [0.717, 1.165) is 22.3 Å². The van der Waals surface area contributed by atoms with Gasteiger partial charge in [-0.15, -0.1) is 0 Å². The van der Waals surface area contributed by atoms with E-state index in [1.807, 2.05) is 82.4 Å². The molecule has 1 atom stereocenters. The lowest BCUT2D eigenvalue weighted by atomic mass is 10.0. The molecule has 4 aromatic heterocycles. The highest BCUT2D eigenvalue weighted by Gasteiger charge is 2.23. The van der Waals surface area contributed by atoms with Gasteiger partial charge in [0.1, 0.15) is 5.56 Å². The van der Waals surface area contributed by atoms with Crippen LogP contribution in [0.25, 0.3) is 22.1 Å². The van der Waals surface area contributed by atoms with Crippen molar-refractivity contribution in [3.63, 3.8) is 0 Å². The van der Waals surface area contributed by atoms with E-state index in [9.17, 15) is 9.59 Å². The van der Waals surface area contributed by atoms with Gasteiger partial charge in [-0.3, -0.25) is 18.8 Å². The summed E-state index contributed by atoms with van der Waals surface area (Å²) in [6.07, 6.45) is 3.38. The second-order valence-corrected chi connectivity index (χ2v) is 10.3. The van der Waals surface area contributed by atoms with Crippen molar-refractivity contribution in [3.05, 3.63) is 123 Å². The number of carbonyl (C=O) groups excluding carboxylic acids is 1. The summed E-state index contributed by atoms with van der Waals surface area (Å²) in [5.74, 6) is 6.17. The number of benzene rings is 2. The van der Waals surface area contributed by atoms with Gasteiger partial charge in [-0.05, 0) is 63.4 Å². The van der Waals surface area contributed by atoms with Crippen LogP contribution in [0, 0.1) is 32.6 Å². The van der Waals surface area contributed by atoms with Crippen molar-refractivity contribution in [2.24, 2.45) is 7.05 Å². The number of hydrogen-bond donors (Lipinski definition) is 1. The Morgan fingerprint density at radius 1 is 0.952 bits per heavy atom. The summed E-state index contributed by atoms with van der Waals surface area (Å²) >= 11 is 0. The summed E-state index contributed by atoms with van der Waals surface area (Å²) in [6, 6.07) is 18.2. The monoisotopic (exact) mass is 555 g/mol. The first-order valence-electron chi connectivity index (χ1n) is 13.6. The van der Waals surface area contributed by atoms with E-state index in [1.54, 1.807) is 39.1 Å². The number of aryl methyl sites for hydroxylation is 3. The molecule has 9 heteroatoms. The van der Waals surface area contributed by atoms with Gasteiger partial charge in [-0.2, -0.15) is 10.2 Å². The Morgan fingerprint density at radius 2 is 1.74 bits per heavy atom. The first kappa shape index (κ1) is 26.7. The number of nitrogens with one attached hydrogen (secondary N) is 1. The summed E-state index contributed by atoms with van der Waals surface area (Å²) in [4.78, 5) is 32.2. The first-order chi connectivity index (χ1) is 20.2. The van der Waals surface area contributed by atoms with Crippen molar-refractivity contribution in [1.82, 2.24) is 34.3 Å². The maximum atomic E-state index is 14.3. The van der Waals surface area contributed by atoms with Gasteiger partial charge in [-0.1, -0.05) is 42.2 Å². The topological polar surface area (TPSA) is 99.1 Å². The third-order valence-corrected chi connectivity index (χ3v) is 7.51. The molecule has 0 aliphatic rings. The smallest absolute Gasteiger partial charge is 0.264 e. The zero-order chi connectivity index (χ0) is 29.5. The van der Waals surface area contributed by atoms with Gasteiger partial charge >= 0.3 is 0 Å². The molecule has 9 nitrogen and oxygen atoms in total. The van der Waals surface area contributed by atoms with Crippen LogP contribution in [0.1, 0.15) is 57.2 Å². The highest BCUT2D eigenvalue weighted by atomic mass is 16.2. The van der Waals surface area contributed by atoms with E-state index in [-0.39, 0.29) is 11.5 Å². The lowest BCUT2D eigenvalue weighted by molar-refractivity contribution is 0.0939. The maximum absolute atomic E-state index is 14.3. The van der Waals surface area contributed by atoms with E-state index in [1.165, 1.54) is 0 Å². The second-order valence-electron chi connectivity index (χ2n) is 10.3. The zero-order valence-corrected chi connectivity index (χ0v) is 24.0. The van der Waals surface area contributed by atoms with Crippen molar-refractivity contribution in [2.45, 2.75) is 33.7 Å². The molecule has 0 radical (unpaired) electrons. The Labute approximate surface area is 242 Å². The van der Waals surface area contributed by atoms with Crippen molar-refractivity contribution in [2.75, 3.05) is 0 Å². The molecule has 0 aliphatic heterocycles. The molecule has 0 fully saturated rings. The average Bonchev–Trinajstić information content (AvgIpc) is 3.44. The molecule has 42 heavy (non-hydrogen) atoms. The number of carbonyl (C=O) groups is 1. The number of aromatic nitrogens is 6. The Hall–Kier alpha value is -5.49. The van der Waals surface area contributed by atoms with Crippen LogP contribution in [0.3, 0.4) is 0 Å². The fourth-order valence-electron chi connectivity index (χ4n) is 5.34. The third-order valence-electron chi connectivity index (χ3n) is 7.51. The molecule has 6 rings (SSSR count).